The zero-order valence-corrected chi connectivity index (χ0v) is 9.14. The predicted octanol–water partition coefficient (Wildman–Crippen LogP) is 3.32. The molecule has 0 aliphatic heterocycles. The second-order valence-corrected chi connectivity index (χ2v) is 3.32. The van der Waals surface area contributed by atoms with Crippen molar-refractivity contribution in [1.82, 2.24) is 9.97 Å². The van der Waals surface area contributed by atoms with Crippen molar-refractivity contribution in [3.63, 3.8) is 0 Å². The van der Waals surface area contributed by atoms with E-state index in [9.17, 15) is 0 Å². The summed E-state index contributed by atoms with van der Waals surface area (Å²) in [7, 11) is 0. The van der Waals surface area contributed by atoms with Gasteiger partial charge in [-0.3, -0.25) is 4.98 Å². The van der Waals surface area contributed by atoms with Gasteiger partial charge in [-0.1, -0.05) is 26.7 Å². The lowest BCUT2D eigenvalue weighted by Gasteiger charge is -2.04. The van der Waals surface area contributed by atoms with Crippen LogP contribution >= 0.6 is 0 Å². The summed E-state index contributed by atoms with van der Waals surface area (Å²) in [5.74, 6) is 0.435. The summed E-state index contributed by atoms with van der Waals surface area (Å²) < 4.78 is 0. The maximum atomic E-state index is 8.42. The molecular formula is C10H15N5. The van der Waals surface area contributed by atoms with Crippen LogP contribution in [0.2, 0.25) is 0 Å². The molecule has 1 heterocycles. The highest BCUT2D eigenvalue weighted by Crippen LogP contribution is 2.16. The molecule has 1 rings (SSSR count). The van der Waals surface area contributed by atoms with Crippen LogP contribution in [0, 0.1) is 0 Å². The zero-order chi connectivity index (χ0) is 11.1. The number of hydrogen-bond acceptors (Lipinski definition) is 3. The molecule has 0 saturated carbocycles. The van der Waals surface area contributed by atoms with E-state index < -0.39 is 0 Å². The number of aromatic nitrogens is 2. The summed E-state index contributed by atoms with van der Waals surface area (Å²) in [6.45, 7) is 4.14. The van der Waals surface area contributed by atoms with Crippen molar-refractivity contribution in [3.8, 4) is 0 Å². The fraction of sp³-hybridized carbons (Fsp3) is 0.600. The molecule has 0 atom stereocenters. The van der Waals surface area contributed by atoms with Crippen molar-refractivity contribution in [2.45, 2.75) is 39.5 Å². The van der Waals surface area contributed by atoms with Gasteiger partial charge in [0.15, 0.2) is 0 Å². The minimum atomic E-state index is 0.435. The van der Waals surface area contributed by atoms with Gasteiger partial charge in [0.2, 0.25) is 0 Å². The standard InChI is InChI=1S/C10H15N5/c1-3-5-8-7-12-9(6-4-2)10(13-8)14-15-11/h7H,3-6H2,1-2H3. The third kappa shape index (κ3) is 3.22. The van der Waals surface area contributed by atoms with E-state index >= 15 is 0 Å². The molecule has 0 fully saturated rings. The molecule has 0 saturated heterocycles. The first-order valence-corrected chi connectivity index (χ1v) is 5.21. The largest absolute Gasteiger partial charge is 0.257 e. The molecule has 0 bridgehead atoms. The first-order chi connectivity index (χ1) is 7.31. The van der Waals surface area contributed by atoms with Crippen LogP contribution in [-0.4, -0.2) is 9.97 Å². The van der Waals surface area contributed by atoms with Gasteiger partial charge < -0.3 is 0 Å². The minimum Gasteiger partial charge on any atom is -0.257 e. The Morgan fingerprint density at radius 1 is 1.33 bits per heavy atom. The molecule has 0 aromatic carbocycles. The summed E-state index contributed by atoms with van der Waals surface area (Å²) in [5, 5.41) is 3.58. The molecule has 0 unspecified atom stereocenters. The number of nitrogens with zero attached hydrogens (tertiary/aromatic N) is 5. The van der Waals surface area contributed by atoms with E-state index in [2.05, 4.69) is 33.8 Å². The van der Waals surface area contributed by atoms with Crippen molar-refractivity contribution in [2.75, 3.05) is 0 Å². The lowest BCUT2D eigenvalue weighted by Crippen LogP contribution is -1.97. The molecule has 0 N–H and O–H groups in total. The van der Waals surface area contributed by atoms with Gasteiger partial charge in [-0.2, -0.15) is 0 Å². The summed E-state index contributed by atoms with van der Waals surface area (Å²) in [5.41, 5.74) is 10.1. The normalized spacial score (nSPS) is 9.73. The van der Waals surface area contributed by atoms with Crippen LogP contribution in [0.15, 0.2) is 11.3 Å². The van der Waals surface area contributed by atoms with Gasteiger partial charge >= 0.3 is 0 Å². The Morgan fingerprint density at radius 2 is 2.07 bits per heavy atom. The molecule has 5 heteroatoms. The van der Waals surface area contributed by atoms with Gasteiger partial charge in [0.1, 0.15) is 5.82 Å². The Kier molecular flexibility index (Phi) is 4.57. The lowest BCUT2D eigenvalue weighted by atomic mass is 10.2. The topological polar surface area (TPSA) is 74.5 Å². The third-order valence-electron chi connectivity index (χ3n) is 2.01. The Hall–Kier alpha value is -1.61. The molecule has 1 aromatic heterocycles. The van der Waals surface area contributed by atoms with Crippen molar-refractivity contribution < 1.29 is 0 Å². The third-order valence-corrected chi connectivity index (χ3v) is 2.01. The van der Waals surface area contributed by atoms with Gasteiger partial charge in [-0.15, -0.1) is 0 Å². The molecule has 0 amide bonds. The highest BCUT2D eigenvalue weighted by Gasteiger charge is 2.04. The summed E-state index contributed by atoms with van der Waals surface area (Å²) >= 11 is 0. The van der Waals surface area contributed by atoms with Gasteiger partial charge in [0, 0.05) is 11.1 Å². The van der Waals surface area contributed by atoms with Crippen LogP contribution in [0.3, 0.4) is 0 Å². The lowest BCUT2D eigenvalue weighted by molar-refractivity contribution is 0.829. The first-order valence-electron chi connectivity index (χ1n) is 5.21. The Labute approximate surface area is 89.2 Å². The average Bonchev–Trinajstić information content (AvgIpc) is 2.23. The van der Waals surface area contributed by atoms with Gasteiger partial charge in [-0.05, 0) is 23.5 Å². The van der Waals surface area contributed by atoms with E-state index in [1.54, 1.807) is 6.20 Å². The molecule has 0 spiro atoms. The van der Waals surface area contributed by atoms with E-state index in [1.165, 1.54) is 0 Å². The molecular weight excluding hydrogens is 190 g/mol. The Bertz CT molecular complexity index is 368. The monoisotopic (exact) mass is 205 g/mol. The zero-order valence-electron chi connectivity index (χ0n) is 9.14. The SMILES string of the molecule is CCCc1cnc(CCC)c(N=[N+]=[N-])n1. The second-order valence-electron chi connectivity index (χ2n) is 3.32. The highest BCUT2D eigenvalue weighted by atomic mass is 15.2. The van der Waals surface area contributed by atoms with Gasteiger partial charge in [-0.25, -0.2) is 4.98 Å². The molecule has 80 valence electrons. The molecule has 1 aromatic rings. The quantitative estimate of drug-likeness (QED) is 0.420. The van der Waals surface area contributed by atoms with Crippen LogP contribution in [0.4, 0.5) is 5.82 Å². The molecule has 0 radical (unpaired) electrons. The summed E-state index contributed by atoms with van der Waals surface area (Å²) in [6, 6.07) is 0. The van der Waals surface area contributed by atoms with E-state index in [0.29, 0.717) is 5.82 Å². The minimum absolute atomic E-state index is 0.435. The molecule has 0 aliphatic rings. The highest BCUT2D eigenvalue weighted by molar-refractivity contribution is 5.33. The van der Waals surface area contributed by atoms with Gasteiger partial charge in [0.05, 0.1) is 11.4 Å². The van der Waals surface area contributed by atoms with Crippen LogP contribution in [0.25, 0.3) is 10.4 Å². The molecule has 15 heavy (non-hydrogen) atoms. The summed E-state index contributed by atoms with van der Waals surface area (Å²) in [4.78, 5) is 11.3. The number of hydrogen-bond donors (Lipinski definition) is 0. The Balaban J connectivity index is 3.02. The van der Waals surface area contributed by atoms with Crippen molar-refractivity contribution in [3.05, 3.63) is 28.0 Å². The van der Waals surface area contributed by atoms with Crippen molar-refractivity contribution in [2.24, 2.45) is 5.11 Å². The fourth-order valence-electron chi connectivity index (χ4n) is 1.35. The van der Waals surface area contributed by atoms with Crippen LogP contribution in [0.5, 0.6) is 0 Å². The maximum absolute atomic E-state index is 8.42. The smallest absolute Gasteiger partial charge is 0.148 e. The predicted molar refractivity (Wildman–Crippen MR) is 58.8 cm³/mol. The van der Waals surface area contributed by atoms with Crippen LogP contribution in [-0.2, 0) is 12.8 Å². The van der Waals surface area contributed by atoms with E-state index in [1.807, 2.05) is 0 Å². The van der Waals surface area contributed by atoms with Crippen LogP contribution < -0.4 is 0 Å². The second kappa shape index (κ2) is 5.98. The molecule has 0 aliphatic carbocycles. The van der Waals surface area contributed by atoms with Gasteiger partial charge in [0.25, 0.3) is 0 Å². The summed E-state index contributed by atoms with van der Waals surface area (Å²) in [6.07, 6.45) is 5.42. The fourth-order valence-corrected chi connectivity index (χ4v) is 1.35. The van der Waals surface area contributed by atoms with E-state index in [-0.39, 0.29) is 0 Å². The van der Waals surface area contributed by atoms with Crippen molar-refractivity contribution in [1.29, 1.82) is 0 Å². The number of azide groups is 1. The molecule has 5 nitrogen and oxygen atoms in total. The average molecular weight is 205 g/mol. The Morgan fingerprint density at radius 3 is 2.67 bits per heavy atom. The van der Waals surface area contributed by atoms with E-state index in [4.69, 9.17) is 5.53 Å². The van der Waals surface area contributed by atoms with Crippen LogP contribution in [0.1, 0.15) is 38.1 Å². The number of rotatable bonds is 5. The van der Waals surface area contributed by atoms with E-state index in [0.717, 1.165) is 37.1 Å². The number of aryl methyl sites for hydroxylation is 2. The van der Waals surface area contributed by atoms with Crippen molar-refractivity contribution >= 4 is 5.82 Å². The first kappa shape index (κ1) is 11.5. The maximum Gasteiger partial charge on any atom is 0.148 e.